The Labute approximate surface area is 86.2 Å². The first-order valence-corrected chi connectivity index (χ1v) is 3.93. The number of hydrogen-bond acceptors (Lipinski definition) is 2. The predicted octanol–water partition coefficient (Wildman–Crippen LogP) is 0.245. The third-order valence-electron chi connectivity index (χ3n) is 1.76. The normalized spacial score (nSPS) is 9.46. The Kier molecular flexibility index (Phi) is 4.23. The van der Waals surface area contributed by atoms with E-state index in [1.807, 2.05) is 0 Å². The van der Waals surface area contributed by atoms with Crippen LogP contribution in [0.4, 0.5) is 0 Å². The largest absolute Gasteiger partial charge is 0.330 e. The first-order chi connectivity index (χ1) is 5.57. The van der Waals surface area contributed by atoms with E-state index in [9.17, 15) is 9.59 Å². The summed E-state index contributed by atoms with van der Waals surface area (Å²) in [5.41, 5.74) is -0.142. The van der Waals surface area contributed by atoms with E-state index in [2.05, 4.69) is 0 Å². The number of nitrogens with zero attached hydrogens (tertiary/aromatic N) is 2. The van der Waals surface area contributed by atoms with Crippen molar-refractivity contribution in [3.8, 4) is 0 Å². The second-order valence-electron chi connectivity index (χ2n) is 2.51. The first-order valence-electron chi connectivity index (χ1n) is 3.40. The molecule has 6 heteroatoms. The molecule has 0 aliphatic rings. The molecule has 0 amide bonds. The number of alkyl halides is 1. The van der Waals surface area contributed by atoms with Crippen molar-refractivity contribution in [2.24, 2.45) is 14.1 Å². The van der Waals surface area contributed by atoms with Gasteiger partial charge in [0.1, 0.15) is 0 Å². The highest BCUT2D eigenvalue weighted by Crippen LogP contribution is 1.94. The Hall–Kier alpha value is -0.740. The summed E-state index contributed by atoms with van der Waals surface area (Å²) in [4.78, 5) is 22.3. The second kappa shape index (κ2) is 4.48. The zero-order chi connectivity index (χ0) is 9.30. The molecule has 0 bridgehead atoms. The third-order valence-corrected chi connectivity index (χ3v) is 2.04. The van der Waals surface area contributed by atoms with Crippen LogP contribution in [0.2, 0.25) is 0 Å². The van der Waals surface area contributed by atoms with Crippen molar-refractivity contribution in [1.29, 1.82) is 0 Å². The zero-order valence-electron chi connectivity index (χ0n) is 7.28. The van der Waals surface area contributed by atoms with Gasteiger partial charge in [-0.3, -0.25) is 13.9 Å². The van der Waals surface area contributed by atoms with Gasteiger partial charge < -0.3 is 0 Å². The molecule has 4 nitrogen and oxygen atoms in total. The lowest BCUT2D eigenvalue weighted by Crippen LogP contribution is -2.37. The lowest BCUT2D eigenvalue weighted by atomic mass is 10.4. The van der Waals surface area contributed by atoms with Crippen LogP contribution in [0.3, 0.4) is 0 Å². The lowest BCUT2D eigenvalue weighted by molar-refractivity contribution is 0.664. The summed E-state index contributed by atoms with van der Waals surface area (Å²) in [6.07, 6.45) is 0. The van der Waals surface area contributed by atoms with Crippen molar-refractivity contribution in [2.75, 3.05) is 0 Å². The van der Waals surface area contributed by atoms with Gasteiger partial charge in [0.05, 0.1) is 5.88 Å². The van der Waals surface area contributed by atoms with Gasteiger partial charge in [-0.1, -0.05) is 0 Å². The van der Waals surface area contributed by atoms with Crippen molar-refractivity contribution >= 4 is 24.0 Å². The van der Waals surface area contributed by atoms with E-state index < -0.39 is 0 Å². The van der Waals surface area contributed by atoms with Gasteiger partial charge in [0.15, 0.2) is 0 Å². The van der Waals surface area contributed by atoms with E-state index in [4.69, 9.17) is 11.6 Å². The maximum atomic E-state index is 11.2. The summed E-state index contributed by atoms with van der Waals surface area (Å²) in [7, 11) is 3.02. The summed E-state index contributed by atoms with van der Waals surface area (Å²) in [5.74, 6) is 0.168. The van der Waals surface area contributed by atoms with Gasteiger partial charge in [-0.25, -0.2) is 4.79 Å². The topological polar surface area (TPSA) is 44.0 Å². The van der Waals surface area contributed by atoms with Crippen molar-refractivity contribution in [1.82, 2.24) is 9.13 Å². The number of rotatable bonds is 1. The Bertz CT molecular complexity index is 408. The Balaban J connectivity index is 0.00000144. The summed E-state index contributed by atoms with van der Waals surface area (Å²) < 4.78 is 2.39. The molecule has 0 unspecified atom stereocenters. The van der Waals surface area contributed by atoms with E-state index in [1.165, 1.54) is 17.7 Å². The smallest absolute Gasteiger partial charge is 0.299 e. The van der Waals surface area contributed by atoms with Crippen LogP contribution in [0.15, 0.2) is 15.7 Å². The first kappa shape index (κ1) is 12.3. The van der Waals surface area contributed by atoms with Crippen molar-refractivity contribution in [3.63, 3.8) is 0 Å². The molecular weight excluding hydrogens is 215 g/mol. The molecule has 0 radical (unpaired) electrons. The van der Waals surface area contributed by atoms with Gasteiger partial charge in [0.25, 0.3) is 5.56 Å². The van der Waals surface area contributed by atoms with Crippen molar-refractivity contribution < 1.29 is 0 Å². The molecule has 0 aliphatic heterocycles. The van der Waals surface area contributed by atoms with Crippen LogP contribution in [0.1, 0.15) is 5.69 Å². The molecule has 0 fully saturated rings. The molecule has 1 heterocycles. The fourth-order valence-electron chi connectivity index (χ4n) is 0.907. The molecule has 1 aromatic heterocycles. The fraction of sp³-hybridized carbons (Fsp3) is 0.429. The molecule has 0 atom stereocenters. The zero-order valence-corrected chi connectivity index (χ0v) is 8.85. The van der Waals surface area contributed by atoms with Crippen LogP contribution >= 0.6 is 24.0 Å². The molecule has 1 aromatic rings. The van der Waals surface area contributed by atoms with E-state index in [-0.39, 0.29) is 29.5 Å². The molecular formula is C7H10Cl2N2O2. The Morgan fingerprint density at radius 1 is 1.31 bits per heavy atom. The van der Waals surface area contributed by atoms with Crippen LogP contribution in [0.25, 0.3) is 0 Å². The highest BCUT2D eigenvalue weighted by Gasteiger charge is 2.03. The highest BCUT2D eigenvalue weighted by atomic mass is 35.5. The molecule has 0 aliphatic carbocycles. The van der Waals surface area contributed by atoms with Gasteiger partial charge in [-0.05, 0) is 0 Å². The van der Waals surface area contributed by atoms with Crippen LogP contribution in [0, 0.1) is 0 Å². The van der Waals surface area contributed by atoms with E-state index in [0.29, 0.717) is 5.69 Å². The maximum absolute atomic E-state index is 11.2. The average molecular weight is 225 g/mol. The van der Waals surface area contributed by atoms with Gasteiger partial charge in [0.2, 0.25) is 0 Å². The van der Waals surface area contributed by atoms with Crippen molar-refractivity contribution in [3.05, 3.63) is 32.6 Å². The van der Waals surface area contributed by atoms with E-state index >= 15 is 0 Å². The van der Waals surface area contributed by atoms with Crippen molar-refractivity contribution in [2.45, 2.75) is 5.88 Å². The number of aromatic nitrogens is 2. The number of hydrogen-bond donors (Lipinski definition) is 0. The van der Waals surface area contributed by atoms with Crippen LogP contribution in [-0.2, 0) is 20.0 Å². The summed E-state index contributed by atoms with van der Waals surface area (Å²) >= 11 is 5.52. The minimum Gasteiger partial charge on any atom is -0.299 e. The highest BCUT2D eigenvalue weighted by molar-refractivity contribution is 6.16. The summed E-state index contributed by atoms with van der Waals surface area (Å²) in [6, 6.07) is 1.36. The van der Waals surface area contributed by atoms with E-state index in [0.717, 1.165) is 4.57 Å². The minimum atomic E-state index is -0.349. The summed E-state index contributed by atoms with van der Waals surface area (Å²) in [6.45, 7) is 0. The Morgan fingerprint density at radius 3 is 2.31 bits per heavy atom. The van der Waals surface area contributed by atoms with Crippen LogP contribution in [0.5, 0.6) is 0 Å². The second-order valence-corrected chi connectivity index (χ2v) is 2.78. The molecule has 0 saturated heterocycles. The molecule has 13 heavy (non-hydrogen) atoms. The molecule has 0 aromatic carbocycles. The molecule has 0 spiro atoms. The molecule has 0 saturated carbocycles. The number of halogens is 2. The predicted molar refractivity (Wildman–Crippen MR) is 53.7 cm³/mol. The summed E-state index contributed by atoms with van der Waals surface area (Å²) in [5, 5.41) is 0. The van der Waals surface area contributed by atoms with E-state index in [1.54, 1.807) is 7.05 Å². The monoisotopic (exact) mass is 224 g/mol. The Morgan fingerprint density at radius 2 is 1.85 bits per heavy atom. The third kappa shape index (κ3) is 2.14. The average Bonchev–Trinajstić information content (AvgIpc) is 2.08. The van der Waals surface area contributed by atoms with Gasteiger partial charge in [0, 0.05) is 25.9 Å². The van der Waals surface area contributed by atoms with Crippen LogP contribution < -0.4 is 11.2 Å². The lowest BCUT2D eigenvalue weighted by Gasteiger charge is -2.05. The quantitative estimate of drug-likeness (QED) is 0.643. The standard InChI is InChI=1S/C7H9ClN2O2.ClH/c1-9-5(4-8)3-6(11)10(2)7(9)12;/h3H,4H2,1-2H3;1H. The van der Waals surface area contributed by atoms with Gasteiger partial charge >= 0.3 is 5.69 Å². The maximum Gasteiger partial charge on any atom is 0.330 e. The molecule has 1 rings (SSSR count). The fourth-order valence-corrected chi connectivity index (χ4v) is 1.16. The van der Waals surface area contributed by atoms with Crippen LogP contribution in [-0.4, -0.2) is 9.13 Å². The SMILES string of the molecule is Cl.Cn1c(CCl)cc(=O)n(C)c1=O. The minimum absolute atomic E-state index is 0. The molecule has 0 N–H and O–H groups in total. The van der Waals surface area contributed by atoms with Gasteiger partial charge in [-0.15, -0.1) is 24.0 Å². The molecule has 74 valence electrons. The van der Waals surface area contributed by atoms with Gasteiger partial charge in [-0.2, -0.15) is 0 Å².